The molecule has 31 heavy (non-hydrogen) atoms. The smallest absolute Gasteiger partial charge is 0.220 e. The third-order valence-corrected chi connectivity index (χ3v) is 5.27. The van der Waals surface area contributed by atoms with Gasteiger partial charge < -0.3 is 15.7 Å². The second-order valence-electron chi connectivity index (χ2n) is 7.75. The van der Waals surface area contributed by atoms with Crippen LogP contribution in [0.5, 0.6) is 0 Å². The third-order valence-electron chi connectivity index (χ3n) is 5.27. The van der Waals surface area contributed by atoms with Gasteiger partial charge in [-0.05, 0) is 55.5 Å². The summed E-state index contributed by atoms with van der Waals surface area (Å²) in [4.78, 5) is 18.3. The molecular weight excluding hydrogens is 397 g/mol. The highest BCUT2D eigenvalue weighted by molar-refractivity contribution is 6.03. The lowest BCUT2D eigenvalue weighted by molar-refractivity contribution is 0.0497. The van der Waals surface area contributed by atoms with E-state index < -0.39 is 6.10 Å². The number of nitrogen functional groups attached to an aromatic ring is 1. The lowest BCUT2D eigenvalue weighted by Gasteiger charge is -2.28. The number of hydrogen-bond acceptors (Lipinski definition) is 7. The molecule has 3 N–H and O–H groups in total. The van der Waals surface area contributed by atoms with Crippen molar-refractivity contribution < 1.29 is 14.3 Å². The van der Waals surface area contributed by atoms with Crippen LogP contribution in [0.2, 0.25) is 0 Å². The Labute approximate surface area is 179 Å². The topological polar surface area (TPSA) is 107 Å². The van der Waals surface area contributed by atoms with Crippen LogP contribution < -0.4 is 5.73 Å². The average Bonchev–Trinajstić information content (AvgIpc) is 2.73. The van der Waals surface area contributed by atoms with Crippen molar-refractivity contribution >= 4 is 11.7 Å². The van der Waals surface area contributed by atoms with Crippen molar-refractivity contribution in [2.75, 3.05) is 12.3 Å². The van der Waals surface area contributed by atoms with E-state index in [1.54, 1.807) is 25.4 Å². The van der Waals surface area contributed by atoms with Crippen LogP contribution in [0.25, 0.3) is 11.1 Å². The summed E-state index contributed by atoms with van der Waals surface area (Å²) in [5, 5.41) is 13.8. The van der Waals surface area contributed by atoms with Crippen molar-refractivity contribution in [2.45, 2.75) is 38.7 Å². The summed E-state index contributed by atoms with van der Waals surface area (Å²) in [7, 11) is 0. The van der Waals surface area contributed by atoms with Crippen LogP contribution in [0.1, 0.15) is 41.8 Å². The van der Waals surface area contributed by atoms with Gasteiger partial charge in [-0.15, -0.1) is 0 Å². The van der Waals surface area contributed by atoms with Crippen LogP contribution in [0.3, 0.4) is 0 Å². The van der Waals surface area contributed by atoms with Gasteiger partial charge in [-0.3, -0.25) is 4.98 Å². The number of anilines is 1. The minimum Gasteiger partial charge on any atom is -0.393 e. The molecule has 1 unspecified atom stereocenters. The molecule has 4 rings (SSSR count). The molecule has 0 bridgehead atoms. The number of rotatable bonds is 5. The van der Waals surface area contributed by atoms with Gasteiger partial charge in [0.15, 0.2) is 0 Å². The summed E-state index contributed by atoms with van der Waals surface area (Å²) in [6.07, 6.45) is 3.93. The normalized spacial score (nSPS) is 17.9. The van der Waals surface area contributed by atoms with Crippen LogP contribution in [0.15, 0.2) is 47.9 Å². The minimum absolute atomic E-state index is 0.0223. The molecule has 2 heterocycles. The molecule has 0 saturated carbocycles. The van der Waals surface area contributed by atoms with Crippen LogP contribution in [0.4, 0.5) is 10.3 Å². The fourth-order valence-corrected chi connectivity index (χ4v) is 4.00. The maximum absolute atomic E-state index is 14.1. The van der Waals surface area contributed by atoms with Gasteiger partial charge in [0.05, 0.1) is 23.2 Å². The van der Waals surface area contributed by atoms with Crippen LogP contribution in [0, 0.1) is 12.7 Å². The molecule has 7 nitrogen and oxygen atoms in total. The van der Waals surface area contributed by atoms with Gasteiger partial charge >= 0.3 is 0 Å². The van der Waals surface area contributed by atoms with Gasteiger partial charge in [-0.2, -0.15) is 0 Å². The number of aromatic nitrogens is 3. The predicted molar refractivity (Wildman–Crippen MR) is 116 cm³/mol. The lowest BCUT2D eigenvalue weighted by atomic mass is 9.78. The Morgan fingerprint density at radius 1 is 1.29 bits per heavy atom. The Morgan fingerprint density at radius 3 is 2.87 bits per heavy atom. The van der Waals surface area contributed by atoms with Crippen molar-refractivity contribution in [3.05, 3.63) is 71.1 Å². The van der Waals surface area contributed by atoms with Gasteiger partial charge in [-0.25, -0.2) is 14.4 Å². The van der Waals surface area contributed by atoms with E-state index in [-0.39, 0.29) is 24.3 Å². The highest BCUT2D eigenvalue weighted by atomic mass is 19.1. The number of aliphatic hydroxyl groups is 1. The Kier molecular flexibility index (Phi) is 5.90. The summed E-state index contributed by atoms with van der Waals surface area (Å²) in [6.45, 7) is 3.57. The number of pyridine rings is 1. The standard InChI is InChI=1S/C23H24FN5O2/c1-13(30)12-31-29-21-9-16(8-20-22(21)14(2)27-23(25)28-20)18-6-5-17(24)10-19(18)15-4-3-7-26-11-15/h3-7,10-11,13,16,30H,8-9,12H2,1-2H3,(H2,25,27,28)/t13?,16-/m0/s1. The molecule has 1 aliphatic rings. The number of nitrogens with two attached hydrogens (primary N) is 1. The SMILES string of the molecule is Cc1nc(N)nc2c1C(=NOCC(C)O)C[C@@H](c1ccc(F)cc1-c1cccnc1)C2. The zero-order valence-corrected chi connectivity index (χ0v) is 17.4. The number of nitrogens with zero attached hydrogens (tertiary/aromatic N) is 4. The fraction of sp³-hybridized carbons (Fsp3) is 0.304. The number of oxime groups is 1. The second-order valence-corrected chi connectivity index (χ2v) is 7.75. The number of benzene rings is 1. The molecule has 0 spiro atoms. The molecule has 0 aliphatic heterocycles. The number of aliphatic hydroxyl groups excluding tert-OH is 1. The van der Waals surface area contributed by atoms with Crippen LogP contribution in [-0.2, 0) is 11.3 Å². The summed E-state index contributed by atoms with van der Waals surface area (Å²) in [5.74, 6) is -0.131. The molecule has 0 radical (unpaired) electrons. The number of aryl methyl sites for hydroxylation is 1. The molecule has 2 aromatic heterocycles. The van der Waals surface area contributed by atoms with E-state index in [2.05, 4.69) is 20.1 Å². The summed E-state index contributed by atoms with van der Waals surface area (Å²) in [5.41, 5.74) is 11.5. The van der Waals surface area contributed by atoms with E-state index in [1.165, 1.54) is 12.1 Å². The van der Waals surface area contributed by atoms with E-state index >= 15 is 0 Å². The maximum atomic E-state index is 14.1. The minimum atomic E-state index is -0.638. The van der Waals surface area contributed by atoms with E-state index in [9.17, 15) is 9.50 Å². The van der Waals surface area contributed by atoms with Crippen molar-refractivity contribution in [1.29, 1.82) is 0 Å². The summed E-state index contributed by atoms with van der Waals surface area (Å²) < 4.78 is 14.1. The number of hydrogen-bond donors (Lipinski definition) is 2. The maximum Gasteiger partial charge on any atom is 0.220 e. The zero-order valence-electron chi connectivity index (χ0n) is 17.4. The van der Waals surface area contributed by atoms with Gasteiger partial charge in [0, 0.05) is 29.9 Å². The first-order valence-corrected chi connectivity index (χ1v) is 10.1. The zero-order chi connectivity index (χ0) is 22.0. The highest BCUT2D eigenvalue weighted by Crippen LogP contribution is 2.38. The average molecular weight is 421 g/mol. The Morgan fingerprint density at radius 2 is 2.13 bits per heavy atom. The second kappa shape index (κ2) is 8.77. The molecule has 0 amide bonds. The van der Waals surface area contributed by atoms with Crippen LogP contribution in [-0.4, -0.2) is 38.5 Å². The van der Waals surface area contributed by atoms with Crippen molar-refractivity contribution in [3.8, 4) is 11.1 Å². The molecule has 160 valence electrons. The van der Waals surface area contributed by atoms with E-state index in [4.69, 9.17) is 10.6 Å². The largest absolute Gasteiger partial charge is 0.393 e. The van der Waals surface area contributed by atoms with Crippen molar-refractivity contribution in [3.63, 3.8) is 0 Å². The van der Waals surface area contributed by atoms with Gasteiger partial charge in [0.1, 0.15) is 12.4 Å². The molecule has 3 aromatic rings. The first-order chi connectivity index (χ1) is 14.9. The highest BCUT2D eigenvalue weighted by Gasteiger charge is 2.30. The van der Waals surface area contributed by atoms with E-state index in [0.717, 1.165) is 33.6 Å². The van der Waals surface area contributed by atoms with Gasteiger partial charge in [-0.1, -0.05) is 17.3 Å². The first kappa shape index (κ1) is 20.9. The monoisotopic (exact) mass is 421 g/mol. The lowest BCUT2D eigenvalue weighted by Crippen LogP contribution is -2.24. The van der Waals surface area contributed by atoms with Crippen LogP contribution >= 0.6 is 0 Å². The van der Waals surface area contributed by atoms with Gasteiger partial charge in [0.2, 0.25) is 5.95 Å². The molecule has 1 aliphatic carbocycles. The fourth-order valence-electron chi connectivity index (χ4n) is 4.00. The van der Waals surface area contributed by atoms with Gasteiger partial charge in [0.25, 0.3) is 0 Å². The van der Waals surface area contributed by atoms with E-state index in [1.807, 2.05) is 19.1 Å². The third kappa shape index (κ3) is 4.54. The molecule has 2 atom stereocenters. The Bertz CT molecular complexity index is 1120. The van der Waals surface area contributed by atoms with E-state index in [0.29, 0.717) is 18.6 Å². The summed E-state index contributed by atoms with van der Waals surface area (Å²) in [6, 6.07) is 8.54. The first-order valence-electron chi connectivity index (χ1n) is 10.1. The molecule has 0 fully saturated rings. The number of halogens is 1. The Balaban J connectivity index is 1.79. The molecule has 8 heteroatoms. The predicted octanol–water partition coefficient (Wildman–Crippen LogP) is 3.40. The Hall–Kier alpha value is -3.39. The molecule has 0 saturated heterocycles. The van der Waals surface area contributed by atoms with Crippen molar-refractivity contribution in [2.24, 2.45) is 5.16 Å². The summed E-state index contributed by atoms with van der Waals surface area (Å²) >= 11 is 0. The number of fused-ring (bicyclic) bond motifs is 1. The molecule has 1 aromatic carbocycles. The molecular formula is C23H24FN5O2. The van der Waals surface area contributed by atoms with Crippen molar-refractivity contribution in [1.82, 2.24) is 15.0 Å². The quantitative estimate of drug-likeness (QED) is 0.612.